The van der Waals surface area contributed by atoms with Gasteiger partial charge in [-0.05, 0) is 25.0 Å². The third-order valence-corrected chi connectivity index (χ3v) is 2.72. The van der Waals surface area contributed by atoms with E-state index in [1.165, 1.54) is 11.3 Å². The molecule has 1 unspecified atom stereocenters. The zero-order valence-electron chi connectivity index (χ0n) is 9.12. The van der Waals surface area contributed by atoms with Gasteiger partial charge in [0.2, 0.25) is 0 Å². The van der Waals surface area contributed by atoms with E-state index in [9.17, 15) is 0 Å². The molecule has 1 atom stereocenters. The Hall–Kier alpha value is -1.06. The third-order valence-electron chi connectivity index (χ3n) is 2.72. The van der Waals surface area contributed by atoms with Crippen molar-refractivity contribution in [3.63, 3.8) is 0 Å². The van der Waals surface area contributed by atoms with Crippen molar-refractivity contribution in [2.24, 2.45) is 0 Å². The fraction of sp³-hybridized carbons (Fsp3) is 0.500. The number of hydrogen-bond donors (Lipinski definition) is 2. The van der Waals surface area contributed by atoms with Gasteiger partial charge in [-0.1, -0.05) is 18.2 Å². The summed E-state index contributed by atoms with van der Waals surface area (Å²) in [6, 6.07) is 8.88. The third kappa shape index (κ3) is 2.49. The van der Waals surface area contributed by atoms with Gasteiger partial charge in [-0.3, -0.25) is 5.32 Å². The number of benzene rings is 1. The van der Waals surface area contributed by atoms with Gasteiger partial charge in [0.05, 0.1) is 6.73 Å². The van der Waals surface area contributed by atoms with Gasteiger partial charge in [-0.15, -0.1) is 0 Å². The zero-order chi connectivity index (χ0) is 10.5. The molecule has 0 saturated carbocycles. The van der Waals surface area contributed by atoms with Crippen LogP contribution in [0.3, 0.4) is 0 Å². The van der Waals surface area contributed by atoms with Gasteiger partial charge < -0.3 is 10.1 Å². The van der Waals surface area contributed by atoms with E-state index in [-0.39, 0.29) is 0 Å². The van der Waals surface area contributed by atoms with Crippen molar-refractivity contribution < 1.29 is 4.74 Å². The highest BCUT2D eigenvalue weighted by Gasteiger charge is 2.18. The molecule has 1 aliphatic rings. The van der Waals surface area contributed by atoms with Gasteiger partial charge in [0.25, 0.3) is 0 Å². The second-order valence-electron chi connectivity index (χ2n) is 3.70. The molecule has 1 aromatic rings. The maximum absolute atomic E-state index is 5.32. The second-order valence-corrected chi connectivity index (χ2v) is 3.70. The minimum Gasteiger partial charge on any atom is -0.385 e. The highest BCUT2D eigenvalue weighted by atomic mass is 16.5. The van der Waals surface area contributed by atoms with E-state index < -0.39 is 0 Å². The van der Waals surface area contributed by atoms with Crippen LogP contribution >= 0.6 is 0 Å². The van der Waals surface area contributed by atoms with E-state index in [0.29, 0.717) is 12.8 Å². The first-order valence-electron chi connectivity index (χ1n) is 5.55. The number of fused-ring (bicyclic) bond motifs is 1. The number of ether oxygens (including phenoxy) is 1. The number of hydrogen-bond acceptors (Lipinski definition) is 3. The van der Waals surface area contributed by atoms with Crippen LogP contribution in [0.5, 0.6) is 0 Å². The summed E-state index contributed by atoms with van der Waals surface area (Å²) in [4.78, 5) is 0. The molecule has 3 nitrogen and oxygen atoms in total. The predicted octanol–water partition coefficient (Wildman–Crippen LogP) is 2.13. The van der Waals surface area contributed by atoms with Crippen LogP contribution in [0.1, 0.15) is 24.9 Å². The van der Waals surface area contributed by atoms with Crippen LogP contribution in [-0.4, -0.2) is 19.9 Å². The number of nitrogens with one attached hydrogen (secondary N) is 2. The fourth-order valence-electron chi connectivity index (χ4n) is 1.94. The second kappa shape index (κ2) is 5.14. The monoisotopic (exact) mass is 206 g/mol. The number of anilines is 1. The Kier molecular flexibility index (Phi) is 3.59. The lowest BCUT2D eigenvalue weighted by Crippen LogP contribution is -2.29. The van der Waals surface area contributed by atoms with Crippen LogP contribution in [0.2, 0.25) is 0 Å². The van der Waals surface area contributed by atoms with Crippen LogP contribution in [-0.2, 0) is 4.74 Å². The van der Waals surface area contributed by atoms with E-state index in [4.69, 9.17) is 4.74 Å². The van der Waals surface area contributed by atoms with Gasteiger partial charge in [0, 0.05) is 24.9 Å². The van der Waals surface area contributed by atoms with E-state index >= 15 is 0 Å². The first-order chi connectivity index (χ1) is 7.42. The first-order valence-corrected chi connectivity index (χ1v) is 5.55. The van der Waals surface area contributed by atoms with Crippen molar-refractivity contribution in [1.82, 2.24) is 5.32 Å². The van der Waals surface area contributed by atoms with Crippen LogP contribution in [0.15, 0.2) is 24.3 Å². The van der Waals surface area contributed by atoms with Crippen molar-refractivity contribution in [2.45, 2.75) is 19.4 Å². The largest absolute Gasteiger partial charge is 0.385 e. The maximum atomic E-state index is 5.32. The van der Waals surface area contributed by atoms with Gasteiger partial charge in [-0.2, -0.15) is 0 Å². The summed E-state index contributed by atoms with van der Waals surface area (Å²) < 4.78 is 5.32. The smallest absolute Gasteiger partial charge is 0.0969 e. The first kappa shape index (κ1) is 10.5. The van der Waals surface area contributed by atoms with Crippen LogP contribution in [0.4, 0.5) is 5.69 Å². The summed E-state index contributed by atoms with van der Waals surface area (Å²) in [6.45, 7) is 4.44. The number of rotatable bonds is 4. The summed E-state index contributed by atoms with van der Waals surface area (Å²) in [5.74, 6) is 0. The molecule has 1 heterocycles. The number of para-hydroxylation sites is 1. The molecule has 3 heteroatoms. The molecule has 0 spiro atoms. The summed E-state index contributed by atoms with van der Waals surface area (Å²) in [7, 11) is 0. The van der Waals surface area contributed by atoms with Gasteiger partial charge in [0.15, 0.2) is 0 Å². The molecular formula is C12H18N2O. The fourth-order valence-corrected chi connectivity index (χ4v) is 1.94. The lowest BCUT2D eigenvalue weighted by atomic mass is 9.98. The lowest BCUT2D eigenvalue weighted by Gasteiger charge is -2.27. The molecular weight excluding hydrogens is 188 g/mol. The van der Waals surface area contributed by atoms with E-state index in [1.54, 1.807) is 0 Å². The van der Waals surface area contributed by atoms with Crippen molar-refractivity contribution in [3.8, 4) is 0 Å². The van der Waals surface area contributed by atoms with Crippen LogP contribution < -0.4 is 10.6 Å². The molecule has 0 saturated heterocycles. The molecule has 0 radical (unpaired) electrons. The Morgan fingerprint density at radius 2 is 2.33 bits per heavy atom. The molecule has 0 bridgehead atoms. The Balaban J connectivity index is 2.02. The summed E-state index contributed by atoms with van der Waals surface area (Å²) in [5, 5.41) is 6.82. The Morgan fingerprint density at radius 1 is 1.47 bits per heavy atom. The van der Waals surface area contributed by atoms with Crippen molar-refractivity contribution in [3.05, 3.63) is 29.8 Å². The molecule has 2 N–H and O–H groups in total. The summed E-state index contributed by atoms with van der Waals surface area (Å²) >= 11 is 0. The Labute approximate surface area is 90.8 Å². The van der Waals surface area contributed by atoms with Crippen molar-refractivity contribution in [1.29, 1.82) is 0 Å². The lowest BCUT2D eigenvalue weighted by molar-refractivity contribution is 0.118. The van der Waals surface area contributed by atoms with Gasteiger partial charge in [-0.25, -0.2) is 0 Å². The molecule has 0 aliphatic carbocycles. The standard InChI is InChI=1S/C12H18N2O/c1-2-15-9-14-12-7-8-13-11-6-4-3-5-10(11)12/h3-6,12-14H,2,7-9H2,1H3. The van der Waals surface area contributed by atoms with Crippen LogP contribution in [0, 0.1) is 0 Å². The average molecular weight is 206 g/mol. The van der Waals surface area contributed by atoms with Crippen molar-refractivity contribution >= 4 is 5.69 Å². The molecule has 82 valence electrons. The molecule has 0 aromatic heterocycles. The molecule has 2 rings (SSSR count). The van der Waals surface area contributed by atoms with Crippen LogP contribution in [0.25, 0.3) is 0 Å². The van der Waals surface area contributed by atoms with E-state index in [0.717, 1.165) is 19.6 Å². The normalized spacial score (nSPS) is 19.4. The van der Waals surface area contributed by atoms with Gasteiger partial charge >= 0.3 is 0 Å². The minimum absolute atomic E-state index is 0.425. The highest BCUT2D eigenvalue weighted by molar-refractivity contribution is 5.54. The molecule has 1 aliphatic heterocycles. The molecule has 15 heavy (non-hydrogen) atoms. The molecule has 0 fully saturated rings. The van der Waals surface area contributed by atoms with E-state index in [1.807, 2.05) is 6.92 Å². The SMILES string of the molecule is CCOCNC1CCNc2ccccc21. The predicted molar refractivity (Wildman–Crippen MR) is 61.9 cm³/mol. The topological polar surface area (TPSA) is 33.3 Å². The van der Waals surface area contributed by atoms with E-state index in [2.05, 4.69) is 34.9 Å². The molecule has 0 amide bonds. The Bertz CT molecular complexity index is 314. The summed E-state index contributed by atoms with van der Waals surface area (Å²) in [5.41, 5.74) is 2.60. The minimum atomic E-state index is 0.425. The average Bonchev–Trinajstić information content (AvgIpc) is 2.30. The van der Waals surface area contributed by atoms with Crippen molar-refractivity contribution in [2.75, 3.05) is 25.2 Å². The Morgan fingerprint density at radius 3 is 3.20 bits per heavy atom. The van der Waals surface area contributed by atoms with Gasteiger partial charge in [0.1, 0.15) is 0 Å². The zero-order valence-corrected chi connectivity index (χ0v) is 9.12. The quantitative estimate of drug-likeness (QED) is 0.585. The molecule has 1 aromatic carbocycles. The maximum Gasteiger partial charge on any atom is 0.0969 e. The summed E-state index contributed by atoms with van der Waals surface area (Å²) in [6.07, 6.45) is 1.12. The highest BCUT2D eigenvalue weighted by Crippen LogP contribution is 2.28.